The number of aromatic nitrogens is 1. The van der Waals surface area contributed by atoms with Gasteiger partial charge >= 0.3 is 5.97 Å². The third kappa shape index (κ3) is 3.16. The van der Waals surface area contributed by atoms with Gasteiger partial charge in [-0.2, -0.15) is 11.8 Å². The number of hydrogen-bond acceptors (Lipinski definition) is 5. The van der Waals surface area contributed by atoms with Crippen LogP contribution < -0.4 is 0 Å². The molecule has 2 heterocycles. The first-order valence-corrected chi connectivity index (χ1v) is 6.62. The summed E-state index contributed by atoms with van der Waals surface area (Å²) in [6, 6.07) is 5.38. The first-order valence-electron chi connectivity index (χ1n) is 5.47. The number of carboxylic acid groups (broad SMARTS) is 1. The Bertz CT molecular complexity index is 506. The third-order valence-corrected chi connectivity index (χ3v) is 3.60. The Morgan fingerprint density at radius 1 is 1.56 bits per heavy atom. The van der Waals surface area contributed by atoms with Gasteiger partial charge in [0.2, 0.25) is 5.76 Å². The Hall–Kier alpha value is -1.69. The minimum atomic E-state index is -0.779. The molecule has 2 aromatic rings. The maximum atomic E-state index is 10.6. The van der Waals surface area contributed by atoms with Crippen LogP contribution in [0.4, 0.5) is 0 Å². The molecule has 1 N–H and O–H groups in total. The topological polar surface area (TPSA) is 76.5 Å². The van der Waals surface area contributed by atoms with Crippen molar-refractivity contribution >= 4 is 17.7 Å². The van der Waals surface area contributed by atoms with Gasteiger partial charge in [0.1, 0.15) is 0 Å². The van der Waals surface area contributed by atoms with Crippen molar-refractivity contribution in [2.24, 2.45) is 5.92 Å². The molecule has 18 heavy (non-hydrogen) atoms. The average molecular weight is 267 g/mol. The van der Waals surface area contributed by atoms with Crippen molar-refractivity contribution in [3.8, 4) is 11.5 Å². The Morgan fingerprint density at radius 3 is 3.06 bits per heavy atom. The minimum Gasteiger partial charge on any atom is -0.481 e. The molecule has 0 bridgehead atoms. The van der Waals surface area contributed by atoms with Crippen LogP contribution in [-0.4, -0.2) is 22.0 Å². The fourth-order valence-corrected chi connectivity index (χ4v) is 2.29. The van der Waals surface area contributed by atoms with Gasteiger partial charge in [0, 0.05) is 17.6 Å². The molecule has 0 aliphatic heterocycles. The van der Waals surface area contributed by atoms with E-state index in [0.29, 0.717) is 23.0 Å². The van der Waals surface area contributed by atoms with E-state index in [-0.39, 0.29) is 5.92 Å². The van der Waals surface area contributed by atoms with E-state index in [2.05, 4.69) is 5.16 Å². The van der Waals surface area contributed by atoms with Crippen LogP contribution in [0, 0.1) is 5.92 Å². The molecule has 5 nitrogen and oxygen atoms in total. The van der Waals surface area contributed by atoms with Gasteiger partial charge in [-0.05, 0) is 12.1 Å². The number of carboxylic acids is 1. The van der Waals surface area contributed by atoms with Gasteiger partial charge in [-0.15, -0.1) is 0 Å². The number of rotatable bonds is 6. The number of thioether (sulfide) groups is 1. The average Bonchev–Trinajstić information content (AvgIpc) is 2.98. The first kappa shape index (κ1) is 12.8. The zero-order valence-corrected chi connectivity index (χ0v) is 10.6. The summed E-state index contributed by atoms with van der Waals surface area (Å²) >= 11 is 1.52. The Kier molecular flexibility index (Phi) is 4.09. The van der Waals surface area contributed by atoms with Gasteiger partial charge in [-0.1, -0.05) is 12.1 Å². The number of nitrogens with zero attached hydrogens (tertiary/aromatic N) is 1. The van der Waals surface area contributed by atoms with Crippen LogP contribution in [0.2, 0.25) is 0 Å². The Labute approximate surface area is 108 Å². The van der Waals surface area contributed by atoms with Crippen molar-refractivity contribution in [3.05, 3.63) is 30.2 Å². The van der Waals surface area contributed by atoms with Crippen molar-refractivity contribution in [2.75, 3.05) is 5.75 Å². The SMILES string of the molecule is CC(CSCc1cc(-c2ccco2)on1)C(=O)O. The second-order valence-electron chi connectivity index (χ2n) is 3.91. The molecule has 2 aromatic heterocycles. The van der Waals surface area contributed by atoms with Gasteiger partial charge in [-0.3, -0.25) is 4.79 Å². The molecule has 0 aromatic carbocycles. The molecule has 0 amide bonds. The summed E-state index contributed by atoms with van der Waals surface area (Å²) in [5.41, 5.74) is 0.781. The van der Waals surface area contributed by atoms with Crippen LogP contribution in [-0.2, 0) is 10.5 Å². The minimum absolute atomic E-state index is 0.355. The first-order chi connectivity index (χ1) is 8.66. The van der Waals surface area contributed by atoms with E-state index in [1.54, 1.807) is 31.4 Å². The molecule has 1 unspecified atom stereocenters. The fraction of sp³-hybridized carbons (Fsp3) is 0.333. The normalized spacial score (nSPS) is 12.5. The second kappa shape index (κ2) is 5.77. The molecule has 0 aliphatic rings. The summed E-state index contributed by atoms with van der Waals surface area (Å²) in [6.45, 7) is 1.69. The molecular weight excluding hydrogens is 254 g/mol. The van der Waals surface area contributed by atoms with Gasteiger partial charge in [0.15, 0.2) is 5.76 Å². The number of aliphatic carboxylic acids is 1. The molecule has 1 atom stereocenters. The van der Waals surface area contributed by atoms with Crippen LogP contribution in [0.3, 0.4) is 0 Å². The van der Waals surface area contributed by atoms with Crippen LogP contribution in [0.1, 0.15) is 12.6 Å². The summed E-state index contributed by atoms with van der Waals surface area (Å²) in [5, 5.41) is 12.7. The van der Waals surface area contributed by atoms with Crippen molar-refractivity contribution in [3.63, 3.8) is 0 Å². The monoisotopic (exact) mass is 267 g/mol. The quantitative estimate of drug-likeness (QED) is 0.867. The highest BCUT2D eigenvalue weighted by atomic mass is 32.2. The number of hydrogen-bond donors (Lipinski definition) is 1. The summed E-state index contributed by atoms with van der Waals surface area (Å²) < 4.78 is 10.3. The van der Waals surface area contributed by atoms with Crippen LogP contribution in [0.5, 0.6) is 0 Å². The molecule has 0 fully saturated rings. The van der Waals surface area contributed by atoms with Crippen molar-refractivity contribution in [1.82, 2.24) is 5.16 Å². The van der Waals surface area contributed by atoms with Gasteiger partial charge in [0.05, 0.1) is 17.9 Å². The second-order valence-corrected chi connectivity index (χ2v) is 4.94. The van der Waals surface area contributed by atoms with Crippen LogP contribution in [0.25, 0.3) is 11.5 Å². The molecule has 6 heteroatoms. The molecule has 0 aliphatic carbocycles. The summed E-state index contributed by atoms with van der Waals surface area (Å²) in [7, 11) is 0. The molecular formula is C12H13NO4S. The maximum Gasteiger partial charge on any atom is 0.307 e. The molecule has 0 saturated carbocycles. The molecule has 96 valence electrons. The van der Waals surface area contributed by atoms with Crippen molar-refractivity contribution in [2.45, 2.75) is 12.7 Å². The molecule has 0 radical (unpaired) electrons. The highest BCUT2D eigenvalue weighted by molar-refractivity contribution is 7.98. The Morgan fingerprint density at radius 2 is 2.39 bits per heavy atom. The standard InChI is InChI=1S/C12H13NO4S/c1-8(12(14)15)6-18-7-9-5-11(17-13-9)10-3-2-4-16-10/h2-5,8H,6-7H2,1H3,(H,14,15). The van der Waals surface area contributed by atoms with E-state index in [0.717, 1.165) is 5.69 Å². The fourth-order valence-electron chi connectivity index (χ4n) is 1.33. The molecule has 2 rings (SSSR count). The van der Waals surface area contributed by atoms with Gasteiger partial charge in [-0.25, -0.2) is 0 Å². The van der Waals surface area contributed by atoms with E-state index >= 15 is 0 Å². The third-order valence-electron chi connectivity index (χ3n) is 2.36. The van der Waals surface area contributed by atoms with E-state index in [1.807, 2.05) is 0 Å². The van der Waals surface area contributed by atoms with E-state index in [1.165, 1.54) is 11.8 Å². The lowest BCUT2D eigenvalue weighted by molar-refractivity contribution is -0.140. The Balaban J connectivity index is 1.86. The van der Waals surface area contributed by atoms with Gasteiger partial charge in [0.25, 0.3) is 0 Å². The summed E-state index contributed by atoms with van der Waals surface area (Å²) in [5.74, 6) is 1.27. The zero-order valence-electron chi connectivity index (χ0n) is 9.83. The highest BCUT2D eigenvalue weighted by Gasteiger charge is 2.12. The van der Waals surface area contributed by atoms with Crippen LogP contribution >= 0.6 is 11.8 Å². The number of furan rings is 1. The van der Waals surface area contributed by atoms with Crippen LogP contribution in [0.15, 0.2) is 33.4 Å². The maximum absolute atomic E-state index is 10.6. The van der Waals surface area contributed by atoms with E-state index in [4.69, 9.17) is 14.0 Å². The lowest BCUT2D eigenvalue weighted by atomic mass is 10.2. The highest BCUT2D eigenvalue weighted by Crippen LogP contribution is 2.23. The number of carbonyl (C=O) groups is 1. The summed E-state index contributed by atoms with van der Waals surface area (Å²) in [4.78, 5) is 10.6. The zero-order chi connectivity index (χ0) is 13.0. The van der Waals surface area contributed by atoms with Crippen molar-refractivity contribution < 1.29 is 18.8 Å². The van der Waals surface area contributed by atoms with E-state index in [9.17, 15) is 4.79 Å². The predicted molar refractivity (Wildman–Crippen MR) is 67.2 cm³/mol. The van der Waals surface area contributed by atoms with Gasteiger partial charge < -0.3 is 14.0 Å². The smallest absolute Gasteiger partial charge is 0.307 e. The molecule has 0 spiro atoms. The van der Waals surface area contributed by atoms with E-state index < -0.39 is 5.97 Å². The summed E-state index contributed by atoms with van der Waals surface area (Å²) in [6.07, 6.45) is 1.57. The van der Waals surface area contributed by atoms with Crippen molar-refractivity contribution in [1.29, 1.82) is 0 Å². The lowest BCUT2D eigenvalue weighted by Gasteiger charge is -2.03. The largest absolute Gasteiger partial charge is 0.481 e. The predicted octanol–water partition coefficient (Wildman–Crippen LogP) is 2.89. The molecule has 0 saturated heterocycles. The lowest BCUT2D eigenvalue weighted by Crippen LogP contribution is -2.11.